The summed E-state index contributed by atoms with van der Waals surface area (Å²) in [6, 6.07) is 25.2. The van der Waals surface area contributed by atoms with Gasteiger partial charge in [-0.15, -0.1) is 0 Å². The summed E-state index contributed by atoms with van der Waals surface area (Å²) in [4.78, 5) is 72.6. The highest BCUT2D eigenvalue weighted by molar-refractivity contribution is 5.79. The average molecular weight is 887 g/mol. The third-order valence-corrected chi connectivity index (χ3v) is 10.1. The standard InChI is InChI=1S/C45H46N2O17/c1-26-39(60-27(2)48)41(61-28(3)49)43(64-40(26)42(50)55-4)62-32-16-13-29(24-59-45(52)63-31-17-14-30(15-18-31)47(53)54)38(23-32)57-22-21-56-20-19-46-44(51)58-25-37-35-11-7-5-9-33(35)34-10-6-8-12-36(34)37/h5-18,23,26,37,39-41,43H,19-22,24-25H2,1-4H3,(H,46,51)/t26-,39+,40+,41+,43-/m1/s1. The van der Waals surface area contributed by atoms with Gasteiger partial charge in [0, 0.05) is 56.0 Å². The Bertz CT molecular complexity index is 2270. The molecular formula is C45H46N2O17. The highest BCUT2D eigenvalue weighted by Gasteiger charge is 2.52. The van der Waals surface area contributed by atoms with Crippen molar-refractivity contribution >= 4 is 35.8 Å². The summed E-state index contributed by atoms with van der Waals surface area (Å²) >= 11 is 0. The quantitative estimate of drug-likeness (QED) is 0.0300. The molecule has 1 heterocycles. The number of esters is 3. The zero-order valence-electron chi connectivity index (χ0n) is 35.3. The van der Waals surface area contributed by atoms with E-state index in [1.807, 2.05) is 36.4 Å². The average Bonchev–Trinajstić information content (AvgIpc) is 3.60. The lowest BCUT2D eigenvalue weighted by Crippen LogP contribution is -2.60. The van der Waals surface area contributed by atoms with Gasteiger partial charge in [-0.05, 0) is 46.5 Å². The molecule has 19 heteroatoms. The van der Waals surface area contributed by atoms with Crippen LogP contribution in [-0.2, 0) is 54.1 Å². The lowest BCUT2D eigenvalue weighted by molar-refractivity contribution is -0.384. The Hall–Kier alpha value is -7.25. The zero-order chi connectivity index (χ0) is 45.8. The third-order valence-electron chi connectivity index (χ3n) is 10.1. The number of hydrogen-bond acceptors (Lipinski definition) is 17. The summed E-state index contributed by atoms with van der Waals surface area (Å²) in [5.74, 6) is -2.94. The third kappa shape index (κ3) is 11.8. The van der Waals surface area contributed by atoms with Crippen molar-refractivity contribution in [1.82, 2.24) is 5.32 Å². The van der Waals surface area contributed by atoms with Crippen LogP contribution in [0.5, 0.6) is 17.2 Å². The molecule has 4 aromatic carbocycles. The number of alkyl carbamates (subject to hydrolysis) is 1. The number of carbonyl (C=O) groups is 5. The van der Waals surface area contributed by atoms with Crippen LogP contribution in [0.2, 0.25) is 0 Å². The molecule has 1 aliphatic carbocycles. The fraction of sp³-hybridized carbons (Fsp3) is 0.356. The van der Waals surface area contributed by atoms with Crippen LogP contribution in [-0.4, -0.2) is 99.8 Å². The second-order valence-electron chi connectivity index (χ2n) is 14.4. The van der Waals surface area contributed by atoms with E-state index in [-0.39, 0.29) is 68.4 Å². The van der Waals surface area contributed by atoms with E-state index in [9.17, 15) is 34.1 Å². The molecule has 19 nitrogen and oxygen atoms in total. The Morgan fingerprint density at radius 1 is 0.781 bits per heavy atom. The number of nitrogens with one attached hydrogen (secondary N) is 1. The second-order valence-corrected chi connectivity index (χ2v) is 14.4. The minimum absolute atomic E-state index is 0.00235. The monoisotopic (exact) mass is 886 g/mol. The molecule has 5 atom stereocenters. The van der Waals surface area contributed by atoms with Crippen LogP contribution in [0.15, 0.2) is 91.0 Å². The van der Waals surface area contributed by atoms with Crippen LogP contribution in [0.4, 0.5) is 15.3 Å². The van der Waals surface area contributed by atoms with Crippen LogP contribution in [0.3, 0.4) is 0 Å². The van der Waals surface area contributed by atoms with Crippen LogP contribution >= 0.6 is 0 Å². The minimum Gasteiger partial charge on any atom is -0.491 e. The van der Waals surface area contributed by atoms with Crippen molar-refractivity contribution in [2.24, 2.45) is 5.92 Å². The van der Waals surface area contributed by atoms with Crippen LogP contribution in [0, 0.1) is 16.0 Å². The molecular weight excluding hydrogens is 840 g/mol. The highest BCUT2D eigenvalue weighted by Crippen LogP contribution is 2.44. The molecule has 0 spiro atoms. The van der Waals surface area contributed by atoms with E-state index in [1.165, 1.54) is 30.3 Å². The van der Waals surface area contributed by atoms with Crippen molar-refractivity contribution in [3.05, 3.63) is 118 Å². The Balaban J connectivity index is 1.07. The Labute approximate surface area is 366 Å². The van der Waals surface area contributed by atoms with Gasteiger partial charge in [-0.2, -0.15) is 0 Å². The SMILES string of the molecule is COC(=O)[C@H]1O[C@@H](Oc2ccc(COC(=O)Oc3ccc([N+](=O)[O-])cc3)c(OCCOCCNC(=O)OCC3c4ccccc4-c4ccccc43)c2)[C@@H](OC(C)=O)[C@@H](OC(C)=O)[C@H]1C. The summed E-state index contributed by atoms with van der Waals surface area (Å²) in [6.07, 6.45) is -6.99. The van der Waals surface area contributed by atoms with Gasteiger partial charge in [-0.25, -0.2) is 14.4 Å². The smallest absolute Gasteiger partial charge is 0.491 e. The number of methoxy groups -OCH3 is 1. The van der Waals surface area contributed by atoms with Crippen molar-refractivity contribution < 1.29 is 76.3 Å². The molecule has 0 aromatic heterocycles. The first-order chi connectivity index (χ1) is 30.8. The molecule has 6 rings (SSSR count). The van der Waals surface area contributed by atoms with Crippen LogP contribution in [0.25, 0.3) is 11.1 Å². The highest BCUT2D eigenvalue weighted by atomic mass is 16.7. The summed E-state index contributed by atoms with van der Waals surface area (Å²) in [5.41, 5.74) is 4.55. The molecule has 4 aromatic rings. The van der Waals surface area contributed by atoms with Crippen molar-refractivity contribution in [2.45, 2.75) is 57.9 Å². The number of ether oxygens (including phenoxy) is 10. The Kier molecular flexibility index (Phi) is 15.7. The molecule has 1 N–H and O–H groups in total. The van der Waals surface area contributed by atoms with E-state index in [2.05, 4.69) is 17.4 Å². The summed E-state index contributed by atoms with van der Waals surface area (Å²) in [5, 5.41) is 13.7. The maximum atomic E-state index is 12.7. The first-order valence-electron chi connectivity index (χ1n) is 20.1. The van der Waals surface area contributed by atoms with E-state index in [0.717, 1.165) is 55.3 Å². The van der Waals surface area contributed by atoms with Gasteiger partial charge in [0.15, 0.2) is 12.2 Å². The summed E-state index contributed by atoms with van der Waals surface area (Å²) in [7, 11) is 1.16. The van der Waals surface area contributed by atoms with Gasteiger partial charge < -0.3 is 52.7 Å². The van der Waals surface area contributed by atoms with Crippen molar-refractivity contribution in [1.29, 1.82) is 0 Å². The number of nitro groups is 1. The lowest BCUT2D eigenvalue weighted by Gasteiger charge is -2.42. The normalized spacial score (nSPS) is 18.6. The van der Waals surface area contributed by atoms with E-state index in [0.29, 0.717) is 5.56 Å². The van der Waals surface area contributed by atoms with Gasteiger partial charge in [0.2, 0.25) is 12.4 Å². The first kappa shape index (κ1) is 46.3. The van der Waals surface area contributed by atoms with Crippen molar-refractivity contribution in [2.75, 3.05) is 40.1 Å². The summed E-state index contributed by atoms with van der Waals surface area (Å²) < 4.78 is 55.6. The fourth-order valence-electron chi connectivity index (χ4n) is 7.22. The van der Waals surface area contributed by atoms with Gasteiger partial charge in [0.1, 0.15) is 37.1 Å². The molecule has 1 amide bonds. The Morgan fingerprint density at radius 3 is 2.06 bits per heavy atom. The zero-order valence-corrected chi connectivity index (χ0v) is 35.3. The maximum Gasteiger partial charge on any atom is 0.514 e. The predicted molar refractivity (Wildman–Crippen MR) is 221 cm³/mol. The number of nitrogens with zero attached hydrogens (tertiary/aromatic N) is 1. The molecule has 0 radical (unpaired) electrons. The number of fused-ring (bicyclic) bond motifs is 3. The van der Waals surface area contributed by atoms with E-state index < -0.39 is 65.6 Å². The number of benzene rings is 4. The van der Waals surface area contributed by atoms with Gasteiger partial charge in [0.25, 0.3) is 5.69 Å². The van der Waals surface area contributed by atoms with Gasteiger partial charge >= 0.3 is 30.2 Å². The number of carbonyl (C=O) groups excluding carboxylic acids is 5. The number of nitro benzene ring substituents is 1. The topological polar surface area (TPSA) is 233 Å². The molecule has 64 heavy (non-hydrogen) atoms. The van der Waals surface area contributed by atoms with Gasteiger partial charge in [0.05, 0.1) is 25.2 Å². The first-order valence-corrected chi connectivity index (χ1v) is 20.1. The van der Waals surface area contributed by atoms with Gasteiger partial charge in [-0.1, -0.05) is 55.5 Å². The molecule has 0 bridgehead atoms. The molecule has 2 aliphatic rings. The van der Waals surface area contributed by atoms with E-state index >= 15 is 0 Å². The summed E-state index contributed by atoms with van der Waals surface area (Å²) in [6.45, 7) is 3.91. The second kappa shape index (κ2) is 21.7. The molecule has 0 saturated carbocycles. The fourth-order valence-corrected chi connectivity index (χ4v) is 7.22. The minimum atomic E-state index is -1.49. The largest absolute Gasteiger partial charge is 0.514 e. The number of hydrogen-bond donors (Lipinski definition) is 1. The molecule has 338 valence electrons. The molecule has 0 unspecified atom stereocenters. The number of amides is 1. The molecule has 1 saturated heterocycles. The molecule has 1 aliphatic heterocycles. The van der Waals surface area contributed by atoms with Crippen molar-refractivity contribution in [3.8, 4) is 28.4 Å². The lowest BCUT2D eigenvalue weighted by atomic mass is 9.90. The predicted octanol–water partition coefficient (Wildman–Crippen LogP) is 6.02. The van der Waals surface area contributed by atoms with E-state index in [4.69, 9.17) is 47.4 Å². The molecule has 1 fully saturated rings. The number of rotatable bonds is 18. The van der Waals surface area contributed by atoms with E-state index in [1.54, 1.807) is 6.92 Å². The van der Waals surface area contributed by atoms with Crippen LogP contribution < -0.4 is 19.5 Å². The maximum absolute atomic E-state index is 12.7. The Morgan fingerprint density at radius 2 is 1.42 bits per heavy atom. The van der Waals surface area contributed by atoms with Crippen molar-refractivity contribution in [3.63, 3.8) is 0 Å². The van der Waals surface area contributed by atoms with Gasteiger partial charge in [-0.3, -0.25) is 19.7 Å². The van der Waals surface area contributed by atoms with Crippen LogP contribution in [0.1, 0.15) is 43.4 Å². The number of non-ortho nitro benzene ring substituents is 1.